The summed E-state index contributed by atoms with van der Waals surface area (Å²) in [5.41, 5.74) is 2.06. The zero-order chi connectivity index (χ0) is 15.1. The van der Waals surface area contributed by atoms with Crippen LogP contribution in [0.3, 0.4) is 0 Å². The molecule has 2 aromatic rings. The first-order valence-corrected chi connectivity index (χ1v) is 6.95. The maximum absolute atomic E-state index is 11.7. The summed E-state index contributed by atoms with van der Waals surface area (Å²) < 4.78 is 0. The van der Waals surface area contributed by atoms with Crippen molar-refractivity contribution in [2.24, 2.45) is 0 Å². The summed E-state index contributed by atoms with van der Waals surface area (Å²) in [6, 6.07) is 7.86. The molecular weight excluding hydrogens is 304 g/mol. The smallest absolute Gasteiger partial charge is 0.243 e. The average Bonchev–Trinajstić information content (AvgIpc) is 2.93. The summed E-state index contributed by atoms with van der Waals surface area (Å²) in [4.78, 5) is 13.0. The van der Waals surface area contributed by atoms with E-state index in [1.165, 1.54) is 10.4 Å². The molecule has 0 aliphatic carbocycles. The van der Waals surface area contributed by atoms with Gasteiger partial charge in [0.25, 0.3) is 0 Å². The van der Waals surface area contributed by atoms with E-state index in [4.69, 9.17) is 0 Å². The van der Waals surface area contributed by atoms with Gasteiger partial charge in [0.1, 0.15) is 6.54 Å². The summed E-state index contributed by atoms with van der Waals surface area (Å²) in [6.07, 6.45) is 0.891. The van der Waals surface area contributed by atoms with Crippen molar-refractivity contribution in [2.45, 2.75) is 19.9 Å². The van der Waals surface area contributed by atoms with E-state index >= 15 is 0 Å². The topological polar surface area (TPSA) is 84.7 Å². The molecule has 1 heterocycles. The van der Waals surface area contributed by atoms with E-state index in [1.807, 2.05) is 38.2 Å². The van der Waals surface area contributed by atoms with Crippen LogP contribution in [0.25, 0.3) is 11.4 Å². The lowest BCUT2D eigenvalue weighted by Gasteiger charge is -2.03. The van der Waals surface area contributed by atoms with Crippen molar-refractivity contribution in [2.75, 3.05) is 20.1 Å². The summed E-state index contributed by atoms with van der Waals surface area (Å²) in [6.45, 7) is 3.61. The minimum Gasteiger partial charge on any atom is -0.354 e. The molecule has 8 heteroatoms. The maximum Gasteiger partial charge on any atom is 0.243 e. The molecule has 2 N–H and O–H groups in total. The number of halogens is 1. The van der Waals surface area contributed by atoms with E-state index in [1.54, 1.807) is 0 Å². The zero-order valence-electron chi connectivity index (χ0n) is 12.7. The van der Waals surface area contributed by atoms with Crippen molar-refractivity contribution < 1.29 is 4.79 Å². The Morgan fingerprint density at radius 2 is 1.95 bits per heavy atom. The van der Waals surface area contributed by atoms with Crippen molar-refractivity contribution in [3.63, 3.8) is 0 Å². The number of hydrogen-bond acceptors (Lipinski definition) is 5. The van der Waals surface area contributed by atoms with Gasteiger partial charge in [-0.2, -0.15) is 4.80 Å². The first-order chi connectivity index (χ1) is 10.2. The van der Waals surface area contributed by atoms with E-state index in [9.17, 15) is 4.79 Å². The molecule has 0 bridgehead atoms. The second-order valence-electron chi connectivity index (χ2n) is 4.82. The number of carbonyl (C=O) groups excluding carboxylic acids is 1. The second-order valence-corrected chi connectivity index (χ2v) is 4.82. The number of amides is 1. The Balaban J connectivity index is 0.00000242. The molecule has 1 aromatic carbocycles. The average molecular weight is 325 g/mol. The molecule has 120 valence electrons. The third-order valence-electron chi connectivity index (χ3n) is 2.97. The van der Waals surface area contributed by atoms with Crippen molar-refractivity contribution in [3.8, 4) is 11.4 Å². The molecule has 0 spiro atoms. The molecule has 0 fully saturated rings. The van der Waals surface area contributed by atoms with E-state index < -0.39 is 0 Å². The molecule has 0 radical (unpaired) electrons. The van der Waals surface area contributed by atoms with Gasteiger partial charge in [0, 0.05) is 12.1 Å². The fraction of sp³-hybridized carbons (Fsp3) is 0.429. The van der Waals surface area contributed by atoms with E-state index in [0.29, 0.717) is 12.4 Å². The molecule has 22 heavy (non-hydrogen) atoms. The van der Waals surface area contributed by atoms with Gasteiger partial charge >= 0.3 is 0 Å². The van der Waals surface area contributed by atoms with Crippen LogP contribution in [0.4, 0.5) is 0 Å². The molecule has 2 rings (SSSR count). The summed E-state index contributed by atoms with van der Waals surface area (Å²) >= 11 is 0. The number of tetrazole rings is 1. The Kier molecular flexibility index (Phi) is 7.48. The lowest BCUT2D eigenvalue weighted by Crippen LogP contribution is -2.30. The van der Waals surface area contributed by atoms with Gasteiger partial charge in [-0.15, -0.1) is 22.6 Å². The number of aromatic nitrogens is 4. The first kappa shape index (κ1) is 18.1. The lowest BCUT2D eigenvalue weighted by atomic mass is 10.1. The van der Waals surface area contributed by atoms with Gasteiger partial charge in [-0.1, -0.05) is 29.8 Å². The number of benzene rings is 1. The van der Waals surface area contributed by atoms with Crippen LogP contribution in [0.5, 0.6) is 0 Å². The van der Waals surface area contributed by atoms with Crippen LogP contribution >= 0.6 is 12.4 Å². The van der Waals surface area contributed by atoms with E-state index in [0.717, 1.165) is 18.5 Å². The lowest BCUT2D eigenvalue weighted by molar-refractivity contribution is -0.122. The highest BCUT2D eigenvalue weighted by atomic mass is 35.5. The summed E-state index contributed by atoms with van der Waals surface area (Å²) in [7, 11) is 1.88. The second kappa shape index (κ2) is 9.11. The standard InChI is InChI=1S/C14H20N6O.ClH/c1-11-4-6-12(7-5-11)14-17-19-20(18-14)10-13(21)16-9-3-8-15-2;/h4-7,15H,3,8-10H2,1-2H3,(H,16,21);1H. The molecule has 0 aliphatic heterocycles. The van der Waals surface area contributed by atoms with Crippen molar-refractivity contribution >= 4 is 18.3 Å². The third kappa shape index (κ3) is 5.42. The maximum atomic E-state index is 11.7. The fourth-order valence-corrected chi connectivity index (χ4v) is 1.81. The highest BCUT2D eigenvalue weighted by Gasteiger charge is 2.08. The Hall–Kier alpha value is -1.99. The van der Waals surface area contributed by atoms with Crippen molar-refractivity contribution in [1.82, 2.24) is 30.8 Å². The van der Waals surface area contributed by atoms with Crippen molar-refractivity contribution in [3.05, 3.63) is 29.8 Å². The Bertz CT molecular complexity index is 583. The molecule has 0 atom stereocenters. The van der Waals surface area contributed by atoms with Crippen LogP contribution in [0.15, 0.2) is 24.3 Å². The molecule has 7 nitrogen and oxygen atoms in total. The van der Waals surface area contributed by atoms with Crippen LogP contribution in [0, 0.1) is 6.92 Å². The quantitative estimate of drug-likeness (QED) is 0.736. The normalized spacial score (nSPS) is 10.1. The Morgan fingerprint density at radius 3 is 2.64 bits per heavy atom. The highest BCUT2D eigenvalue weighted by molar-refractivity contribution is 5.85. The van der Waals surface area contributed by atoms with Crippen molar-refractivity contribution in [1.29, 1.82) is 0 Å². The molecular formula is C14H21ClN6O. The predicted molar refractivity (Wildman–Crippen MR) is 86.8 cm³/mol. The molecule has 0 unspecified atom stereocenters. The summed E-state index contributed by atoms with van der Waals surface area (Å²) in [5.74, 6) is 0.414. The molecule has 0 saturated heterocycles. The van der Waals surface area contributed by atoms with Gasteiger partial charge in [0.15, 0.2) is 0 Å². The number of carbonyl (C=O) groups is 1. The Labute approximate surface area is 135 Å². The predicted octanol–water partition coefficient (Wildman–Crippen LogP) is 0.796. The van der Waals surface area contributed by atoms with Crippen LogP contribution in [0.1, 0.15) is 12.0 Å². The molecule has 1 amide bonds. The van der Waals surface area contributed by atoms with Crippen LogP contribution < -0.4 is 10.6 Å². The van der Waals surface area contributed by atoms with Gasteiger partial charge in [-0.25, -0.2) is 0 Å². The number of rotatable bonds is 7. The minimum atomic E-state index is -0.112. The largest absolute Gasteiger partial charge is 0.354 e. The number of nitrogens with zero attached hydrogens (tertiary/aromatic N) is 4. The first-order valence-electron chi connectivity index (χ1n) is 6.95. The van der Waals surface area contributed by atoms with Crippen LogP contribution in [-0.4, -0.2) is 46.3 Å². The van der Waals surface area contributed by atoms with Gasteiger partial charge < -0.3 is 10.6 Å². The number of nitrogens with one attached hydrogen (secondary N) is 2. The zero-order valence-corrected chi connectivity index (χ0v) is 13.6. The fourth-order valence-electron chi connectivity index (χ4n) is 1.81. The van der Waals surface area contributed by atoms with Gasteiger partial charge in [-0.3, -0.25) is 4.79 Å². The van der Waals surface area contributed by atoms with E-state index in [-0.39, 0.29) is 24.9 Å². The highest BCUT2D eigenvalue weighted by Crippen LogP contribution is 2.13. The molecule has 0 aliphatic rings. The van der Waals surface area contributed by atoms with Gasteiger partial charge in [-0.05, 0) is 32.2 Å². The molecule has 1 aromatic heterocycles. The minimum absolute atomic E-state index is 0. The van der Waals surface area contributed by atoms with Crippen LogP contribution in [-0.2, 0) is 11.3 Å². The molecule has 0 saturated carbocycles. The van der Waals surface area contributed by atoms with Crippen LogP contribution in [0.2, 0.25) is 0 Å². The number of hydrogen-bond donors (Lipinski definition) is 2. The monoisotopic (exact) mass is 324 g/mol. The number of aryl methyl sites for hydroxylation is 1. The summed E-state index contributed by atoms with van der Waals surface area (Å²) in [5, 5.41) is 17.9. The van der Waals surface area contributed by atoms with Gasteiger partial charge in [0.2, 0.25) is 11.7 Å². The van der Waals surface area contributed by atoms with E-state index in [2.05, 4.69) is 26.0 Å². The SMILES string of the molecule is CNCCCNC(=O)Cn1nnc(-c2ccc(C)cc2)n1.Cl. The third-order valence-corrected chi connectivity index (χ3v) is 2.97. The Morgan fingerprint density at radius 1 is 1.23 bits per heavy atom. The van der Waals surface area contributed by atoms with Gasteiger partial charge in [0.05, 0.1) is 0 Å².